The number of phenolic OH excluding ortho intramolecular Hbond substituents is 1. The van der Waals surface area contributed by atoms with E-state index in [0.717, 1.165) is 12.1 Å². The smallest absolute Gasteiger partial charge is 0.126 e. The van der Waals surface area contributed by atoms with Crippen molar-refractivity contribution in [3.8, 4) is 5.75 Å². The maximum atomic E-state index is 11.2. The van der Waals surface area contributed by atoms with Gasteiger partial charge in [0, 0.05) is 10.8 Å². The van der Waals surface area contributed by atoms with Gasteiger partial charge in [0.05, 0.1) is 15.5 Å². The maximum Gasteiger partial charge on any atom is 0.126 e. The lowest BCUT2D eigenvalue weighted by atomic mass is 10.1. The van der Waals surface area contributed by atoms with E-state index in [1.165, 1.54) is 6.07 Å². The van der Waals surface area contributed by atoms with Gasteiger partial charge in [-0.05, 0) is 12.1 Å². The molecule has 3 N–H and O–H groups in total. The quantitative estimate of drug-likeness (QED) is 0.575. The Bertz CT molecular complexity index is 916. The number of hydrogen-bond donors (Lipinski definition) is 2. The number of aromatic hydroxyl groups is 1. The largest absolute Gasteiger partial charge is 0.744 e. The van der Waals surface area contributed by atoms with Gasteiger partial charge >= 0.3 is 0 Å². The Labute approximate surface area is 114 Å². The molecule has 0 saturated heterocycles. The minimum atomic E-state index is -5.11. The normalized spacial score (nSPS) is 12.7. The van der Waals surface area contributed by atoms with Crippen LogP contribution in [0.25, 0.3) is 10.8 Å². The van der Waals surface area contributed by atoms with Crippen LogP contribution in [0.3, 0.4) is 0 Å². The molecule has 20 heavy (non-hydrogen) atoms. The summed E-state index contributed by atoms with van der Waals surface area (Å²) in [5, 5.41) is 9.02. The van der Waals surface area contributed by atoms with Crippen LogP contribution in [-0.2, 0) is 20.2 Å². The molecule has 0 aliphatic rings. The van der Waals surface area contributed by atoms with Gasteiger partial charge < -0.3 is 19.9 Å². The van der Waals surface area contributed by atoms with Gasteiger partial charge in [0.1, 0.15) is 26.0 Å². The van der Waals surface area contributed by atoms with Crippen LogP contribution in [0.5, 0.6) is 5.75 Å². The fraction of sp³-hybridized carbons (Fsp3) is 0. The van der Waals surface area contributed by atoms with Gasteiger partial charge in [-0.3, -0.25) is 0 Å². The van der Waals surface area contributed by atoms with E-state index >= 15 is 0 Å². The molecule has 0 radical (unpaired) electrons. The molecule has 0 spiro atoms. The summed E-state index contributed by atoms with van der Waals surface area (Å²) < 4.78 is 66.7. The summed E-state index contributed by atoms with van der Waals surface area (Å²) in [5.74, 6) is -0.546. The average Bonchev–Trinajstić information content (AvgIpc) is 2.25. The number of phenols is 1. The van der Waals surface area contributed by atoms with Crippen molar-refractivity contribution in [1.82, 2.24) is 0 Å². The van der Waals surface area contributed by atoms with Crippen LogP contribution in [0.15, 0.2) is 34.1 Å². The Balaban J connectivity index is 3.17. The van der Waals surface area contributed by atoms with E-state index in [9.17, 15) is 31.0 Å². The molecule has 0 unspecified atom stereocenters. The zero-order valence-electron chi connectivity index (χ0n) is 9.60. The minimum Gasteiger partial charge on any atom is -0.744 e. The third-order valence-corrected chi connectivity index (χ3v) is 4.40. The highest BCUT2D eigenvalue weighted by atomic mass is 32.2. The van der Waals surface area contributed by atoms with Crippen LogP contribution in [0.1, 0.15) is 0 Å². The number of nitrogens with two attached hydrogens (primary N) is 1. The maximum absolute atomic E-state index is 11.2. The number of anilines is 1. The summed E-state index contributed by atoms with van der Waals surface area (Å²) in [6, 6.07) is 3.93. The Morgan fingerprint density at radius 2 is 1.55 bits per heavy atom. The molecule has 0 aromatic heterocycles. The molecule has 2 aromatic carbocycles. The van der Waals surface area contributed by atoms with Crippen molar-refractivity contribution in [2.75, 3.05) is 5.73 Å². The molecular weight excluding hydrogens is 310 g/mol. The van der Waals surface area contributed by atoms with E-state index in [1.54, 1.807) is 0 Å². The van der Waals surface area contributed by atoms with E-state index in [0.29, 0.717) is 6.07 Å². The number of hydrogen-bond acceptors (Lipinski definition) is 8. The first kappa shape index (κ1) is 14.5. The summed E-state index contributed by atoms with van der Waals surface area (Å²) in [7, 11) is -10.2. The second-order valence-corrected chi connectivity index (χ2v) is 6.59. The predicted octanol–water partition coefficient (Wildman–Crippen LogP) is -0.0642. The van der Waals surface area contributed by atoms with Crippen LogP contribution in [0.4, 0.5) is 5.69 Å². The first-order chi connectivity index (χ1) is 9.03. The van der Waals surface area contributed by atoms with Gasteiger partial charge in [-0.15, -0.1) is 0 Å². The highest BCUT2D eigenvalue weighted by Crippen LogP contribution is 2.38. The molecule has 0 fully saturated rings. The highest BCUT2D eigenvalue weighted by molar-refractivity contribution is 7.86. The van der Waals surface area contributed by atoms with Gasteiger partial charge in [0.25, 0.3) is 0 Å². The molecule has 2 aromatic rings. The fourth-order valence-electron chi connectivity index (χ4n) is 1.84. The molecule has 0 amide bonds. The standard InChI is InChI=1S/C10H9NO7S2/c11-10-8(20(16,17)18)4-7(19(13,14)15)5-2-1-3-6(12)9(5)10/h1-4,12H,11H2,(H,13,14,15)(H,16,17,18)/p-2. The zero-order valence-corrected chi connectivity index (χ0v) is 11.2. The lowest BCUT2D eigenvalue weighted by Gasteiger charge is -2.18. The molecule has 0 aliphatic heterocycles. The SMILES string of the molecule is Nc1c(S(=O)(=O)[O-])cc(S(=O)(=O)[O-])c2cccc(O)c12. The topological polar surface area (TPSA) is 161 Å². The molecule has 0 saturated carbocycles. The summed E-state index contributed by atoms with van der Waals surface area (Å²) in [4.78, 5) is -2.01. The van der Waals surface area contributed by atoms with Gasteiger partial charge in [-0.2, -0.15) is 0 Å². The first-order valence-electron chi connectivity index (χ1n) is 4.99. The van der Waals surface area contributed by atoms with Crippen LogP contribution < -0.4 is 5.73 Å². The summed E-state index contributed by atoms with van der Waals surface area (Å²) in [5.41, 5.74) is 4.87. The van der Waals surface area contributed by atoms with Crippen molar-refractivity contribution >= 4 is 36.7 Å². The van der Waals surface area contributed by atoms with Crippen molar-refractivity contribution in [2.24, 2.45) is 0 Å². The van der Waals surface area contributed by atoms with E-state index in [4.69, 9.17) is 5.73 Å². The molecule has 0 heterocycles. The van der Waals surface area contributed by atoms with Gasteiger partial charge in [0.15, 0.2) is 0 Å². The highest BCUT2D eigenvalue weighted by Gasteiger charge is 2.19. The summed E-state index contributed by atoms with van der Waals surface area (Å²) >= 11 is 0. The lowest BCUT2D eigenvalue weighted by Crippen LogP contribution is -2.08. The Kier molecular flexibility index (Phi) is 3.13. The molecule has 8 nitrogen and oxygen atoms in total. The molecule has 0 bridgehead atoms. The first-order valence-corrected chi connectivity index (χ1v) is 7.81. The van der Waals surface area contributed by atoms with Gasteiger partial charge in [-0.1, -0.05) is 12.1 Å². The van der Waals surface area contributed by atoms with E-state index in [2.05, 4.69) is 0 Å². The average molecular weight is 317 g/mol. The van der Waals surface area contributed by atoms with Crippen LogP contribution in [0, 0.1) is 0 Å². The molecule has 10 heteroatoms. The molecule has 108 valence electrons. The molecule has 0 atom stereocenters. The van der Waals surface area contributed by atoms with Crippen molar-refractivity contribution < 1.29 is 31.0 Å². The van der Waals surface area contributed by atoms with Gasteiger partial charge in [0.2, 0.25) is 0 Å². The van der Waals surface area contributed by atoms with E-state index < -0.39 is 41.5 Å². The Morgan fingerprint density at radius 3 is 2.05 bits per heavy atom. The van der Waals surface area contributed by atoms with E-state index in [-0.39, 0.29) is 10.8 Å². The van der Waals surface area contributed by atoms with Crippen molar-refractivity contribution in [3.63, 3.8) is 0 Å². The third-order valence-electron chi connectivity index (χ3n) is 2.64. The number of fused-ring (bicyclic) bond motifs is 1. The number of benzene rings is 2. The predicted molar refractivity (Wildman–Crippen MR) is 66.0 cm³/mol. The lowest BCUT2D eigenvalue weighted by molar-refractivity contribution is 0.462. The summed E-state index contributed by atoms with van der Waals surface area (Å²) in [6.07, 6.45) is 0. The molecule has 2 rings (SSSR count). The fourth-order valence-corrected chi connectivity index (χ4v) is 3.25. The van der Waals surface area contributed by atoms with Crippen molar-refractivity contribution in [3.05, 3.63) is 24.3 Å². The minimum absolute atomic E-state index is 0.259. The third kappa shape index (κ3) is 2.29. The number of nitrogen functional groups attached to an aromatic ring is 1. The zero-order chi connectivity index (χ0) is 15.3. The van der Waals surface area contributed by atoms with Crippen LogP contribution >= 0.6 is 0 Å². The Hall–Kier alpha value is -1.88. The monoisotopic (exact) mass is 317 g/mol. The number of rotatable bonds is 2. The van der Waals surface area contributed by atoms with Crippen LogP contribution in [0.2, 0.25) is 0 Å². The van der Waals surface area contributed by atoms with E-state index in [1.807, 2.05) is 0 Å². The Morgan fingerprint density at radius 1 is 1.00 bits per heavy atom. The van der Waals surface area contributed by atoms with Crippen molar-refractivity contribution in [2.45, 2.75) is 9.79 Å². The second kappa shape index (κ2) is 4.31. The molecular formula is C10H7NO7S2-2. The molecule has 0 aliphatic carbocycles. The van der Waals surface area contributed by atoms with Crippen LogP contribution in [-0.4, -0.2) is 31.0 Å². The second-order valence-electron chi connectivity index (χ2n) is 3.89. The van der Waals surface area contributed by atoms with Crippen molar-refractivity contribution in [1.29, 1.82) is 0 Å². The van der Waals surface area contributed by atoms with Gasteiger partial charge in [-0.25, -0.2) is 16.8 Å². The summed E-state index contributed by atoms with van der Waals surface area (Å²) in [6.45, 7) is 0.